The molecule has 3 amide bonds. The number of hydrogen-bond acceptors (Lipinski definition) is 3. The third-order valence-electron chi connectivity index (χ3n) is 3.33. The first-order chi connectivity index (χ1) is 10.2. The molecule has 1 aromatic carbocycles. The molecule has 1 rings (SSSR count). The number of urea groups is 1. The van der Waals surface area contributed by atoms with Gasteiger partial charge in [-0.3, -0.25) is 10.1 Å². The average molecular weight is 306 g/mol. The standard InChI is InChI=1S/C17H26N2O3/c1-6-12(2)18-16(21)19-15(20)11-22-14-9-7-13(8-10-14)17(3,4)5/h7-10,12H,6,11H2,1-5H3,(H2,18,19,20,21)/t12-/m1/s1. The number of benzene rings is 1. The van der Waals surface area contributed by atoms with E-state index in [4.69, 9.17) is 4.74 Å². The number of hydrogen-bond donors (Lipinski definition) is 2. The fourth-order valence-electron chi connectivity index (χ4n) is 1.72. The van der Waals surface area contributed by atoms with Crippen molar-refractivity contribution >= 4 is 11.9 Å². The fourth-order valence-corrected chi connectivity index (χ4v) is 1.72. The summed E-state index contributed by atoms with van der Waals surface area (Å²) in [5.41, 5.74) is 1.27. The van der Waals surface area contributed by atoms with Crippen LogP contribution in [0.5, 0.6) is 5.75 Å². The first-order valence-electron chi connectivity index (χ1n) is 7.56. The smallest absolute Gasteiger partial charge is 0.321 e. The van der Waals surface area contributed by atoms with E-state index < -0.39 is 11.9 Å². The second kappa shape index (κ2) is 7.82. The van der Waals surface area contributed by atoms with E-state index in [0.29, 0.717) is 5.75 Å². The highest BCUT2D eigenvalue weighted by Gasteiger charge is 2.14. The highest BCUT2D eigenvalue weighted by molar-refractivity contribution is 5.95. The number of amides is 3. The predicted molar refractivity (Wildman–Crippen MR) is 87.1 cm³/mol. The van der Waals surface area contributed by atoms with Crippen molar-refractivity contribution in [1.29, 1.82) is 0 Å². The normalized spacial score (nSPS) is 12.4. The summed E-state index contributed by atoms with van der Waals surface area (Å²) < 4.78 is 5.38. The van der Waals surface area contributed by atoms with Crippen LogP contribution in [0.4, 0.5) is 4.79 Å². The summed E-state index contributed by atoms with van der Waals surface area (Å²) in [7, 11) is 0. The summed E-state index contributed by atoms with van der Waals surface area (Å²) in [5.74, 6) is 0.131. The Hall–Kier alpha value is -2.04. The van der Waals surface area contributed by atoms with Gasteiger partial charge in [-0.05, 0) is 36.5 Å². The second-order valence-corrected chi connectivity index (χ2v) is 6.39. The predicted octanol–water partition coefficient (Wildman–Crippen LogP) is 2.99. The Morgan fingerprint density at radius 1 is 1.18 bits per heavy atom. The molecular weight excluding hydrogens is 280 g/mol. The molecule has 0 unspecified atom stereocenters. The Morgan fingerprint density at radius 3 is 2.27 bits per heavy atom. The van der Waals surface area contributed by atoms with Crippen molar-refractivity contribution in [1.82, 2.24) is 10.6 Å². The topological polar surface area (TPSA) is 67.4 Å². The molecule has 5 nitrogen and oxygen atoms in total. The molecule has 0 spiro atoms. The number of carbonyl (C=O) groups is 2. The quantitative estimate of drug-likeness (QED) is 0.879. The van der Waals surface area contributed by atoms with E-state index in [0.717, 1.165) is 6.42 Å². The van der Waals surface area contributed by atoms with Crippen LogP contribution in [-0.4, -0.2) is 24.6 Å². The molecule has 22 heavy (non-hydrogen) atoms. The maximum atomic E-state index is 11.6. The number of imide groups is 1. The molecular formula is C17H26N2O3. The van der Waals surface area contributed by atoms with Gasteiger partial charge in [-0.15, -0.1) is 0 Å². The first kappa shape index (κ1) is 18.0. The minimum absolute atomic E-state index is 0.0265. The van der Waals surface area contributed by atoms with Gasteiger partial charge in [0.05, 0.1) is 0 Å². The van der Waals surface area contributed by atoms with Gasteiger partial charge in [-0.1, -0.05) is 39.8 Å². The van der Waals surface area contributed by atoms with Crippen LogP contribution in [-0.2, 0) is 10.2 Å². The molecule has 122 valence electrons. The maximum Gasteiger partial charge on any atom is 0.321 e. The Labute approximate surface area is 132 Å². The van der Waals surface area contributed by atoms with E-state index in [1.807, 2.05) is 38.1 Å². The summed E-state index contributed by atoms with van der Waals surface area (Å²) in [6, 6.07) is 7.14. The van der Waals surface area contributed by atoms with Crippen LogP contribution >= 0.6 is 0 Å². The van der Waals surface area contributed by atoms with Gasteiger partial charge in [0.2, 0.25) is 0 Å². The highest BCUT2D eigenvalue weighted by atomic mass is 16.5. The van der Waals surface area contributed by atoms with E-state index in [9.17, 15) is 9.59 Å². The zero-order valence-electron chi connectivity index (χ0n) is 14.0. The lowest BCUT2D eigenvalue weighted by Gasteiger charge is -2.19. The highest BCUT2D eigenvalue weighted by Crippen LogP contribution is 2.24. The third-order valence-corrected chi connectivity index (χ3v) is 3.33. The molecule has 0 saturated heterocycles. The molecule has 0 aliphatic heterocycles. The summed E-state index contributed by atoms with van der Waals surface area (Å²) in [6.45, 7) is 10.0. The summed E-state index contributed by atoms with van der Waals surface area (Å²) in [6.07, 6.45) is 0.804. The minimum atomic E-state index is -0.494. The Bertz CT molecular complexity index is 504. The SMILES string of the molecule is CC[C@@H](C)NC(=O)NC(=O)COc1ccc(C(C)(C)C)cc1. The van der Waals surface area contributed by atoms with E-state index in [2.05, 4.69) is 31.4 Å². The molecule has 0 aliphatic rings. The van der Waals surface area contributed by atoms with Crippen LogP contribution in [0.3, 0.4) is 0 Å². The van der Waals surface area contributed by atoms with Crippen molar-refractivity contribution in [3.05, 3.63) is 29.8 Å². The molecule has 2 N–H and O–H groups in total. The van der Waals surface area contributed by atoms with Gasteiger partial charge in [-0.25, -0.2) is 4.79 Å². The van der Waals surface area contributed by atoms with Crippen LogP contribution in [0.2, 0.25) is 0 Å². The number of rotatable bonds is 5. The monoisotopic (exact) mass is 306 g/mol. The van der Waals surface area contributed by atoms with Crippen molar-refractivity contribution in [2.75, 3.05) is 6.61 Å². The molecule has 0 radical (unpaired) electrons. The van der Waals surface area contributed by atoms with E-state index in [1.165, 1.54) is 5.56 Å². The van der Waals surface area contributed by atoms with Crippen molar-refractivity contribution in [3.8, 4) is 5.75 Å². The molecule has 0 aromatic heterocycles. The summed E-state index contributed by atoms with van der Waals surface area (Å²) in [5, 5.41) is 4.89. The van der Waals surface area contributed by atoms with Crippen LogP contribution in [0.15, 0.2) is 24.3 Å². The molecule has 1 atom stereocenters. The van der Waals surface area contributed by atoms with Gasteiger partial charge in [0.25, 0.3) is 5.91 Å². The molecule has 5 heteroatoms. The van der Waals surface area contributed by atoms with E-state index in [-0.39, 0.29) is 18.1 Å². The van der Waals surface area contributed by atoms with Gasteiger partial charge >= 0.3 is 6.03 Å². The van der Waals surface area contributed by atoms with Crippen LogP contribution in [0.1, 0.15) is 46.6 Å². The Kier molecular flexibility index (Phi) is 6.40. The maximum absolute atomic E-state index is 11.6. The molecule has 1 aromatic rings. The zero-order valence-corrected chi connectivity index (χ0v) is 14.0. The van der Waals surface area contributed by atoms with E-state index >= 15 is 0 Å². The largest absolute Gasteiger partial charge is 0.484 e. The lowest BCUT2D eigenvalue weighted by Crippen LogP contribution is -2.44. The van der Waals surface area contributed by atoms with Crippen LogP contribution in [0, 0.1) is 0 Å². The van der Waals surface area contributed by atoms with Crippen LogP contribution in [0.25, 0.3) is 0 Å². The third kappa shape index (κ3) is 6.16. The molecule has 0 aliphatic carbocycles. The van der Waals surface area contributed by atoms with Crippen molar-refractivity contribution in [2.45, 2.75) is 52.5 Å². The minimum Gasteiger partial charge on any atom is -0.484 e. The molecule has 0 heterocycles. The van der Waals surface area contributed by atoms with Gasteiger partial charge in [-0.2, -0.15) is 0 Å². The van der Waals surface area contributed by atoms with Gasteiger partial charge < -0.3 is 10.1 Å². The molecule has 0 saturated carbocycles. The Balaban J connectivity index is 2.43. The summed E-state index contributed by atoms with van der Waals surface area (Å²) >= 11 is 0. The van der Waals surface area contributed by atoms with E-state index in [1.54, 1.807) is 0 Å². The molecule has 0 fully saturated rings. The van der Waals surface area contributed by atoms with Crippen LogP contribution < -0.4 is 15.4 Å². The lowest BCUT2D eigenvalue weighted by atomic mass is 9.87. The fraction of sp³-hybridized carbons (Fsp3) is 0.529. The molecule has 0 bridgehead atoms. The van der Waals surface area contributed by atoms with Crippen molar-refractivity contribution in [2.24, 2.45) is 0 Å². The van der Waals surface area contributed by atoms with Crippen molar-refractivity contribution in [3.63, 3.8) is 0 Å². The Morgan fingerprint density at radius 2 is 1.77 bits per heavy atom. The zero-order chi connectivity index (χ0) is 16.8. The summed E-state index contributed by atoms with van der Waals surface area (Å²) in [4.78, 5) is 23.1. The van der Waals surface area contributed by atoms with Gasteiger partial charge in [0.1, 0.15) is 5.75 Å². The first-order valence-corrected chi connectivity index (χ1v) is 7.56. The van der Waals surface area contributed by atoms with Crippen molar-refractivity contribution < 1.29 is 14.3 Å². The van der Waals surface area contributed by atoms with Gasteiger partial charge in [0.15, 0.2) is 6.61 Å². The number of nitrogens with one attached hydrogen (secondary N) is 2. The number of ether oxygens (including phenoxy) is 1. The number of carbonyl (C=O) groups excluding carboxylic acids is 2. The lowest BCUT2D eigenvalue weighted by molar-refractivity contribution is -0.122. The van der Waals surface area contributed by atoms with Gasteiger partial charge in [0, 0.05) is 6.04 Å². The second-order valence-electron chi connectivity index (χ2n) is 6.39. The average Bonchev–Trinajstić information content (AvgIpc) is 2.44.